The summed E-state index contributed by atoms with van der Waals surface area (Å²) >= 11 is 0. The minimum atomic E-state index is -2.60. The molecule has 0 aromatic carbocycles. The normalized spacial score (nSPS) is 39.9. The van der Waals surface area contributed by atoms with E-state index in [1.165, 1.54) is 0 Å². The van der Waals surface area contributed by atoms with Crippen LogP contribution in [-0.2, 0) is 42.2 Å². The monoisotopic (exact) mass is 567 g/mol. The van der Waals surface area contributed by atoms with Crippen molar-refractivity contribution in [1.82, 2.24) is 0 Å². The maximum absolute atomic E-state index is 7.50. The summed E-state index contributed by atoms with van der Waals surface area (Å²) in [5.41, 5.74) is 7.01. The van der Waals surface area contributed by atoms with Gasteiger partial charge in [0.15, 0.2) is 0 Å². The molecule has 23 heavy (non-hydrogen) atoms. The van der Waals surface area contributed by atoms with Crippen molar-refractivity contribution < 1.29 is 42.2 Å². The Balaban J connectivity index is 0. The fraction of sp³-hybridized carbons (Fsp3) is 0.308. The quantitative estimate of drug-likeness (QED) is 0.298. The van der Waals surface area contributed by atoms with Gasteiger partial charge in [-0.2, -0.15) is 0 Å². The van der Waals surface area contributed by atoms with Crippen LogP contribution in [0.15, 0.2) is 49.1 Å². The van der Waals surface area contributed by atoms with E-state index in [-0.39, 0.29) is 21.1 Å². The molecule has 5 nitrogen and oxygen atoms in total. The molecule has 10 heteroatoms. The molecule has 1 saturated heterocycles. The van der Waals surface area contributed by atoms with Crippen molar-refractivity contribution in [3.05, 3.63) is 55.8 Å². The van der Waals surface area contributed by atoms with Crippen molar-refractivity contribution in [2.24, 2.45) is 0 Å². The summed E-state index contributed by atoms with van der Waals surface area (Å²) in [7, 11) is -10.4. The van der Waals surface area contributed by atoms with Crippen LogP contribution in [0, 0.1) is 6.65 Å². The van der Waals surface area contributed by atoms with Crippen LogP contribution in [0.2, 0.25) is 26.2 Å². The molecule has 0 N–H and O–H groups in total. The average molecular weight is 568 g/mol. The molecular formula is C13H24O5PtSi4. The molecule has 0 radical (unpaired) electrons. The van der Waals surface area contributed by atoms with Gasteiger partial charge in [0, 0.05) is 21.1 Å². The van der Waals surface area contributed by atoms with Gasteiger partial charge in [-0.15, -0.1) is 26.3 Å². The van der Waals surface area contributed by atoms with Crippen LogP contribution < -0.4 is 0 Å². The Labute approximate surface area is 158 Å². The molecule has 0 aliphatic carbocycles. The standard InChI is InChI=1S/C12H24O4Si4.CO.Pt/c1-9-17(5)13-18(6,10-2)15-20(8,12-4)16-19(7,11-3)14-17;1-2;/h9-12H,1-4H2,5-8H3;;. The maximum atomic E-state index is 7.50. The van der Waals surface area contributed by atoms with Gasteiger partial charge in [-0.3, -0.25) is 0 Å². The molecular weight excluding hydrogens is 544 g/mol. The van der Waals surface area contributed by atoms with Gasteiger partial charge in [-0.05, 0) is 26.2 Å². The first-order valence-electron chi connectivity index (χ1n) is 6.62. The predicted octanol–water partition coefficient (Wildman–Crippen LogP) is 3.22. The van der Waals surface area contributed by atoms with Crippen LogP contribution in [0.1, 0.15) is 0 Å². The van der Waals surface area contributed by atoms with Crippen LogP contribution in [0.3, 0.4) is 0 Å². The van der Waals surface area contributed by atoms with Gasteiger partial charge >= 0.3 is 45.5 Å². The van der Waals surface area contributed by atoms with Crippen LogP contribution in [-0.4, -0.2) is 34.2 Å². The first kappa shape index (κ1) is 25.3. The smallest absolute Gasteiger partial charge is 0 e. The number of hydrogen-bond donors (Lipinski definition) is 0. The van der Waals surface area contributed by atoms with Gasteiger partial charge in [0.25, 0.3) is 0 Å². The van der Waals surface area contributed by atoms with E-state index in [1.807, 2.05) is 26.2 Å². The molecule has 1 aliphatic rings. The maximum Gasteiger partial charge on any atom is 0 e. The van der Waals surface area contributed by atoms with Crippen molar-refractivity contribution in [2.75, 3.05) is 0 Å². The Bertz CT molecular complexity index is 394. The van der Waals surface area contributed by atoms with E-state index in [1.54, 1.807) is 22.8 Å². The summed E-state index contributed by atoms with van der Waals surface area (Å²) in [5.74, 6) is 0. The van der Waals surface area contributed by atoms with Crippen LogP contribution in [0.5, 0.6) is 0 Å². The molecule has 1 fully saturated rings. The zero-order valence-electron chi connectivity index (χ0n) is 14.0. The Kier molecular flexibility index (Phi) is 10.5. The van der Waals surface area contributed by atoms with E-state index in [2.05, 4.69) is 33.0 Å². The summed E-state index contributed by atoms with van der Waals surface area (Å²) in [5, 5.41) is 0. The van der Waals surface area contributed by atoms with E-state index in [0.717, 1.165) is 0 Å². The first-order chi connectivity index (χ1) is 10.1. The minimum absolute atomic E-state index is 0. The molecule has 0 unspecified atom stereocenters. The van der Waals surface area contributed by atoms with E-state index in [0.29, 0.717) is 0 Å². The van der Waals surface area contributed by atoms with Gasteiger partial charge in [0.2, 0.25) is 0 Å². The minimum Gasteiger partial charge on any atom is 0 e. The average Bonchev–Trinajstić information content (AvgIpc) is 2.47. The Hall–Kier alpha value is 0.0958. The third kappa shape index (κ3) is 6.85. The van der Waals surface area contributed by atoms with E-state index in [9.17, 15) is 0 Å². The third-order valence-corrected chi connectivity index (χ3v) is 19.0. The van der Waals surface area contributed by atoms with E-state index < -0.39 is 34.2 Å². The molecule has 0 bridgehead atoms. The van der Waals surface area contributed by atoms with Crippen molar-refractivity contribution in [1.29, 1.82) is 0 Å². The van der Waals surface area contributed by atoms with Crippen LogP contribution in [0.4, 0.5) is 0 Å². The van der Waals surface area contributed by atoms with Gasteiger partial charge in [-0.1, -0.05) is 22.8 Å². The molecule has 0 aromatic rings. The van der Waals surface area contributed by atoms with Crippen molar-refractivity contribution >= 4 is 34.2 Å². The molecule has 1 heterocycles. The van der Waals surface area contributed by atoms with Crippen molar-refractivity contribution in [2.45, 2.75) is 26.2 Å². The van der Waals surface area contributed by atoms with Crippen molar-refractivity contribution in [3.63, 3.8) is 0 Å². The van der Waals surface area contributed by atoms with E-state index >= 15 is 0 Å². The Morgan fingerprint density at radius 2 is 0.739 bits per heavy atom. The number of hydrogen-bond acceptors (Lipinski definition) is 4. The molecule has 1 aliphatic heterocycles. The van der Waals surface area contributed by atoms with Crippen molar-refractivity contribution in [3.8, 4) is 0 Å². The second-order valence-electron chi connectivity index (χ2n) is 5.29. The first-order valence-corrected chi connectivity index (χ1v) is 16.2. The van der Waals surface area contributed by atoms with Gasteiger partial charge in [-0.25, -0.2) is 0 Å². The predicted molar refractivity (Wildman–Crippen MR) is 95.5 cm³/mol. The fourth-order valence-corrected chi connectivity index (χ4v) is 19.7. The molecule has 0 amide bonds. The fourth-order valence-electron chi connectivity index (χ4n) is 2.03. The molecule has 0 spiro atoms. The zero-order chi connectivity index (χ0) is 17.7. The van der Waals surface area contributed by atoms with Gasteiger partial charge in [0.05, 0.1) is 0 Å². The summed E-state index contributed by atoms with van der Waals surface area (Å²) < 4.78 is 32.5. The summed E-state index contributed by atoms with van der Waals surface area (Å²) in [6.45, 7) is 27.7. The van der Waals surface area contributed by atoms with Gasteiger partial charge < -0.3 is 16.5 Å². The van der Waals surface area contributed by atoms with Gasteiger partial charge in [0.1, 0.15) is 0 Å². The Morgan fingerprint density at radius 3 is 0.826 bits per heavy atom. The molecule has 0 aromatic heterocycles. The molecule has 132 valence electrons. The topological polar surface area (TPSA) is 56.8 Å². The second kappa shape index (κ2) is 9.55. The molecule has 1 rings (SSSR count). The summed E-state index contributed by atoms with van der Waals surface area (Å²) in [6.07, 6.45) is 0. The SMILES string of the molecule is C=C[Si]1(C)O[Si](C)(C=C)O[Si](C)(C=C)O[Si](C)(C=C)O1.[C-]#[O+].[Pt]. The van der Waals surface area contributed by atoms with Crippen LogP contribution >= 0.6 is 0 Å². The van der Waals surface area contributed by atoms with E-state index in [4.69, 9.17) is 21.1 Å². The van der Waals surface area contributed by atoms with Crippen LogP contribution in [0.25, 0.3) is 0 Å². The summed E-state index contributed by atoms with van der Waals surface area (Å²) in [4.78, 5) is 0. The zero-order valence-corrected chi connectivity index (χ0v) is 20.3. The molecule has 0 atom stereocenters. The molecule has 0 saturated carbocycles. The Morgan fingerprint density at radius 1 is 0.609 bits per heavy atom. The largest absolute Gasteiger partial charge is 0 e. The summed E-state index contributed by atoms with van der Waals surface area (Å²) in [6, 6.07) is 0. The third-order valence-electron chi connectivity index (χ3n) is 3.10. The number of rotatable bonds is 4. The second-order valence-corrected chi connectivity index (χ2v) is 18.3.